The number of carbonyl (C=O) groups excluding carboxylic acids is 1. The van der Waals surface area contributed by atoms with Crippen LogP contribution in [0.5, 0.6) is 0 Å². The van der Waals surface area contributed by atoms with E-state index in [2.05, 4.69) is 5.32 Å². The highest BCUT2D eigenvalue weighted by Gasteiger charge is 2.43. The third-order valence-electron chi connectivity index (χ3n) is 4.01. The van der Waals surface area contributed by atoms with Crippen molar-refractivity contribution in [1.29, 1.82) is 0 Å². The van der Waals surface area contributed by atoms with Crippen molar-refractivity contribution in [3.63, 3.8) is 0 Å². The predicted molar refractivity (Wildman–Crippen MR) is 95.7 cm³/mol. The van der Waals surface area contributed by atoms with Gasteiger partial charge in [-0.1, -0.05) is 78.9 Å². The second-order valence-electron chi connectivity index (χ2n) is 5.46. The maximum atomic E-state index is 13.0. The highest BCUT2D eigenvalue weighted by molar-refractivity contribution is 5.90. The van der Waals surface area contributed by atoms with Gasteiger partial charge in [-0.3, -0.25) is 0 Å². The third-order valence-corrected chi connectivity index (χ3v) is 4.01. The first-order valence-electron chi connectivity index (χ1n) is 7.80. The summed E-state index contributed by atoms with van der Waals surface area (Å²) in [5.41, 5.74) is 1.38. The average molecular weight is 317 g/mol. The summed E-state index contributed by atoms with van der Waals surface area (Å²) in [5, 5.41) is 3.40. The van der Waals surface area contributed by atoms with Crippen molar-refractivity contribution in [1.82, 2.24) is 0 Å². The van der Waals surface area contributed by atoms with E-state index in [-0.39, 0.29) is 5.97 Å². The molecule has 0 spiro atoms. The van der Waals surface area contributed by atoms with Gasteiger partial charge in [0.2, 0.25) is 0 Å². The van der Waals surface area contributed by atoms with Crippen molar-refractivity contribution in [3.8, 4) is 0 Å². The van der Waals surface area contributed by atoms with E-state index in [0.29, 0.717) is 0 Å². The van der Waals surface area contributed by atoms with Crippen LogP contribution in [0, 0.1) is 0 Å². The van der Waals surface area contributed by atoms with Gasteiger partial charge in [-0.2, -0.15) is 0 Å². The van der Waals surface area contributed by atoms with Crippen LogP contribution in [0.15, 0.2) is 91.0 Å². The topological polar surface area (TPSA) is 38.3 Å². The van der Waals surface area contributed by atoms with Gasteiger partial charge in [0.15, 0.2) is 5.54 Å². The number of benzene rings is 3. The van der Waals surface area contributed by atoms with Gasteiger partial charge in [0.1, 0.15) is 0 Å². The Balaban J connectivity index is 2.23. The van der Waals surface area contributed by atoms with Crippen LogP contribution in [0.3, 0.4) is 0 Å². The highest BCUT2D eigenvalue weighted by atomic mass is 16.5. The number of hydrogen-bond donors (Lipinski definition) is 1. The number of methoxy groups -OCH3 is 1. The van der Waals surface area contributed by atoms with Crippen LogP contribution < -0.4 is 5.32 Å². The van der Waals surface area contributed by atoms with Gasteiger partial charge < -0.3 is 10.1 Å². The number of para-hydroxylation sites is 1. The second-order valence-corrected chi connectivity index (χ2v) is 5.46. The summed E-state index contributed by atoms with van der Waals surface area (Å²) in [5.74, 6) is -0.358. The van der Waals surface area contributed by atoms with Crippen molar-refractivity contribution in [2.45, 2.75) is 5.54 Å². The number of rotatable bonds is 5. The zero-order chi connectivity index (χ0) is 16.8. The van der Waals surface area contributed by atoms with E-state index in [1.165, 1.54) is 7.11 Å². The normalized spacial score (nSPS) is 10.9. The number of nitrogens with one attached hydrogen (secondary N) is 1. The fraction of sp³-hybridized carbons (Fsp3) is 0.0952. The molecule has 3 rings (SSSR count). The average Bonchev–Trinajstić information content (AvgIpc) is 2.67. The Morgan fingerprint density at radius 2 is 1.17 bits per heavy atom. The fourth-order valence-corrected chi connectivity index (χ4v) is 2.87. The van der Waals surface area contributed by atoms with Crippen LogP contribution in [-0.4, -0.2) is 13.1 Å². The molecule has 0 aliphatic carbocycles. The van der Waals surface area contributed by atoms with Gasteiger partial charge in [-0.05, 0) is 23.3 Å². The smallest absolute Gasteiger partial charge is 0.340 e. The molecule has 3 heteroatoms. The van der Waals surface area contributed by atoms with Gasteiger partial charge >= 0.3 is 5.97 Å². The molecule has 3 nitrogen and oxygen atoms in total. The van der Waals surface area contributed by atoms with E-state index in [0.717, 1.165) is 16.8 Å². The number of ether oxygens (including phenoxy) is 1. The van der Waals surface area contributed by atoms with Crippen molar-refractivity contribution in [2.75, 3.05) is 12.4 Å². The first-order valence-corrected chi connectivity index (χ1v) is 7.80. The first kappa shape index (κ1) is 15.8. The van der Waals surface area contributed by atoms with Crippen LogP contribution in [0.1, 0.15) is 11.1 Å². The quantitative estimate of drug-likeness (QED) is 0.716. The molecule has 3 aromatic rings. The molecular weight excluding hydrogens is 298 g/mol. The molecule has 0 aliphatic rings. The monoisotopic (exact) mass is 317 g/mol. The number of anilines is 1. The van der Waals surface area contributed by atoms with Crippen LogP contribution in [0.25, 0.3) is 0 Å². The Kier molecular flexibility index (Phi) is 4.62. The number of esters is 1. The van der Waals surface area contributed by atoms with Crippen molar-refractivity contribution in [3.05, 3.63) is 102 Å². The molecule has 120 valence electrons. The summed E-state index contributed by atoms with van der Waals surface area (Å²) in [4.78, 5) is 13.0. The van der Waals surface area contributed by atoms with E-state index in [9.17, 15) is 4.79 Å². The molecule has 0 aliphatic heterocycles. The standard InChI is InChI=1S/C21H19NO2/c1-24-20(23)21(17-11-5-2-6-12-17,18-13-7-3-8-14-18)22-19-15-9-4-10-16-19/h2-16,22H,1H3. The molecule has 3 aromatic carbocycles. The summed E-state index contributed by atoms with van der Waals surface area (Å²) < 4.78 is 5.20. The Labute approximate surface area is 141 Å². The van der Waals surface area contributed by atoms with E-state index < -0.39 is 5.54 Å². The lowest BCUT2D eigenvalue weighted by Crippen LogP contribution is -2.45. The Morgan fingerprint density at radius 1 is 0.750 bits per heavy atom. The van der Waals surface area contributed by atoms with Crippen molar-refractivity contribution < 1.29 is 9.53 Å². The lowest BCUT2D eigenvalue weighted by Gasteiger charge is -2.34. The molecule has 0 aromatic heterocycles. The van der Waals surface area contributed by atoms with Crippen LogP contribution in [0.2, 0.25) is 0 Å². The zero-order valence-corrected chi connectivity index (χ0v) is 13.5. The Hall–Kier alpha value is -3.07. The molecule has 0 fully saturated rings. The lowest BCUT2D eigenvalue weighted by molar-refractivity contribution is -0.144. The lowest BCUT2D eigenvalue weighted by atomic mass is 9.82. The molecule has 0 bridgehead atoms. The minimum Gasteiger partial charge on any atom is -0.467 e. The predicted octanol–water partition coefficient (Wildman–Crippen LogP) is 4.22. The van der Waals surface area contributed by atoms with Gasteiger partial charge in [0.05, 0.1) is 7.11 Å². The van der Waals surface area contributed by atoms with Gasteiger partial charge in [-0.15, -0.1) is 0 Å². The molecule has 0 atom stereocenters. The second kappa shape index (κ2) is 7.01. The first-order chi connectivity index (χ1) is 11.8. The van der Waals surface area contributed by atoms with E-state index in [1.54, 1.807) is 0 Å². The molecule has 1 N–H and O–H groups in total. The summed E-state index contributed by atoms with van der Waals surface area (Å²) in [6, 6.07) is 28.9. The highest BCUT2D eigenvalue weighted by Crippen LogP contribution is 2.35. The number of carbonyl (C=O) groups is 1. The molecule has 0 saturated carbocycles. The molecular formula is C21H19NO2. The van der Waals surface area contributed by atoms with Crippen LogP contribution >= 0.6 is 0 Å². The summed E-state index contributed by atoms with van der Waals surface area (Å²) >= 11 is 0. The molecule has 24 heavy (non-hydrogen) atoms. The summed E-state index contributed by atoms with van der Waals surface area (Å²) in [6.07, 6.45) is 0. The summed E-state index contributed by atoms with van der Waals surface area (Å²) in [7, 11) is 1.41. The maximum Gasteiger partial charge on any atom is 0.340 e. The molecule has 0 saturated heterocycles. The Morgan fingerprint density at radius 3 is 1.58 bits per heavy atom. The fourth-order valence-electron chi connectivity index (χ4n) is 2.87. The van der Waals surface area contributed by atoms with Gasteiger partial charge in [0, 0.05) is 5.69 Å². The van der Waals surface area contributed by atoms with Crippen molar-refractivity contribution >= 4 is 11.7 Å². The largest absolute Gasteiger partial charge is 0.467 e. The summed E-state index contributed by atoms with van der Waals surface area (Å²) in [6.45, 7) is 0. The third kappa shape index (κ3) is 2.88. The van der Waals surface area contributed by atoms with E-state index >= 15 is 0 Å². The van der Waals surface area contributed by atoms with Crippen molar-refractivity contribution in [2.24, 2.45) is 0 Å². The van der Waals surface area contributed by atoms with Crippen LogP contribution in [0.4, 0.5) is 5.69 Å². The van der Waals surface area contributed by atoms with E-state index in [4.69, 9.17) is 4.74 Å². The SMILES string of the molecule is COC(=O)C(Nc1ccccc1)(c1ccccc1)c1ccccc1. The van der Waals surface area contributed by atoms with Gasteiger partial charge in [0.25, 0.3) is 0 Å². The zero-order valence-electron chi connectivity index (χ0n) is 13.5. The van der Waals surface area contributed by atoms with Gasteiger partial charge in [-0.25, -0.2) is 4.79 Å². The minimum atomic E-state index is -1.11. The van der Waals surface area contributed by atoms with E-state index in [1.807, 2.05) is 91.0 Å². The van der Waals surface area contributed by atoms with Crippen LogP contribution in [-0.2, 0) is 15.1 Å². The minimum absolute atomic E-state index is 0.358. The molecule has 0 unspecified atom stereocenters. The Bertz CT molecular complexity index is 746. The molecule has 0 heterocycles. The maximum absolute atomic E-state index is 13.0. The molecule has 0 amide bonds. The number of hydrogen-bond acceptors (Lipinski definition) is 3. The molecule has 0 radical (unpaired) electrons.